The monoisotopic (exact) mass is 484 g/mol. The number of carbonyl (C=O) groups is 1. The highest BCUT2D eigenvalue weighted by Gasteiger charge is 2.54. The molecule has 0 aliphatic carbocycles. The highest BCUT2D eigenvalue weighted by Crippen LogP contribution is 2.45. The lowest BCUT2D eigenvalue weighted by Crippen LogP contribution is -2.73. The molecule has 2 aliphatic heterocycles. The Labute approximate surface area is 189 Å². The zero-order valence-electron chi connectivity index (χ0n) is 17.7. The van der Waals surface area contributed by atoms with Crippen LogP contribution in [0.4, 0.5) is 15.0 Å². The van der Waals surface area contributed by atoms with Gasteiger partial charge < -0.3 is 19.3 Å². The van der Waals surface area contributed by atoms with E-state index < -0.39 is 25.4 Å². The third-order valence-electron chi connectivity index (χ3n) is 5.10. The van der Waals surface area contributed by atoms with Crippen LogP contribution in [0.3, 0.4) is 0 Å². The molecule has 0 bridgehead atoms. The van der Waals surface area contributed by atoms with E-state index in [0.717, 1.165) is 12.1 Å². The maximum absolute atomic E-state index is 13.5. The van der Waals surface area contributed by atoms with Crippen molar-refractivity contribution in [3.8, 4) is 11.5 Å². The molecule has 1 spiro atoms. The summed E-state index contributed by atoms with van der Waals surface area (Å²) in [4.78, 5) is 23.5. The molecule has 3 heterocycles. The number of ether oxygens (including phenoxy) is 2. The molecule has 0 radical (unpaired) electrons. The van der Waals surface area contributed by atoms with Crippen LogP contribution in [0.15, 0.2) is 35.6 Å². The number of nitrogens with zero attached hydrogens (tertiary/aromatic N) is 4. The lowest BCUT2D eigenvalue weighted by molar-refractivity contribution is -0.0455. The largest absolute Gasteiger partial charge is 0.450 e. The van der Waals surface area contributed by atoms with Gasteiger partial charge in [-0.3, -0.25) is 0 Å². The van der Waals surface area contributed by atoms with Crippen LogP contribution < -0.4 is 9.64 Å². The molecule has 0 atom stereocenters. The van der Waals surface area contributed by atoms with Crippen molar-refractivity contribution in [1.29, 1.82) is 0 Å². The first-order valence-electron chi connectivity index (χ1n) is 9.80. The first kappa shape index (κ1) is 22.5. The van der Waals surface area contributed by atoms with Crippen LogP contribution in [0, 0.1) is 11.2 Å². The third kappa shape index (κ3) is 4.58. The van der Waals surface area contributed by atoms with Gasteiger partial charge in [0.1, 0.15) is 28.4 Å². The number of amides is 1. The number of hydrogen-bond donors (Lipinski definition) is 0. The van der Waals surface area contributed by atoms with E-state index in [1.54, 1.807) is 4.90 Å². The molecule has 2 aliphatic rings. The summed E-state index contributed by atoms with van der Waals surface area (Å²) in [6, 6.07) is 3.05. The summed E-state index contributed by atoms with van der Waals surface area (Å²) in [6.07, 6.45) is 2.42. The molecule has 2 aromatic rings. The van der Waals surface area contributed by atoms with Gasteiger partial charge in [-0.2, -0.15) is 0 Å². The van der Waals surface area contributed by atoms with Gasteiger partial charge in [0.25, 0.3) is 9.05 Å². The van der Waals surface area contributed by atoms with Crippen LogP contribution in [0.25, 0.3) is 0 Å². The Balaban J connectivity index is 1.46. The molecular formula is C20H22ClFN4O5S. The van der Waals surface area contributed by atoms with E-state index in [1.165, 1.54) is 18.6 Å². The quantitative estimate of drug-likeness (QED) is 0.608. The SMILES string of the molecule is CC(C)(C)OC(=O)N1CC2(C1)CN(c1ncncc1Oc1ccc(F)cc1S(=O)(=O)Cl)C2. The van der Waals surface area contributed by atoms with Gasteiger partial charge >= 0.3 is 6.09 Å². The van der Waals surface area contributed by atoms with Crippen LogP contribution >= 0.6 is 10.7 Å². The molecule has 0 N–H and O–H groups in total. The summed E-state index contributed by atoms with van der Waals surface area (Å²) < 4.78 is 48.3. The number of halogens is 2. The summed E-state index contributed by atoms with van der Waals surface area (Å²) in [5, 5.41) is 0. The molecule has 2 fully saturated rings. The Morgan fingerprint density at radius 1 is 1.19 bits per heavy atom. The van der Waals surface area contributed by atoms with Gasteiger partial charge in [-0.05, 0) is 39.0 Å². The Kier molecular flexibility index (Phi) is 5.44. The second-order valence-electron chi connectivity index (χ2n) is 9.03. The Bertz CT molecular complexity index is 1160. The minimum absolute atomic E-state index is 0.0559. The Morgan fingerprint density at radius 2 is 1.88 bits per heavy atom. The molecule has 172 valence electrons. The highest BCUT2D eigenvalue weighted by molar-refractivity contribution is 8.13. The van der Waals surface area contributed by atoms with Gasteiger partial charge in [0.2, 0.25) is 0 Å². The fraction of sp³-hybridized carbons (Fsp3) is 0.450. The minimum Gasteiger partial charge on any atom is -0.450 e. The van der Waals surface area contributed by atoms with Crippen molar-refractivity contribution in [3.63, 3.8) is 0 Å². The molecule has 2 saturated heterocycles. The van der Waals surface area contributed by atoms with E-state index in [0.29, 0.717) is 32.0 Å². The first-order chi connectivity index (χ1) is 14.9. The fourth-order valence-electron chi connectivity index (χ4n) is 3.83. The molecule has 0 saturated carbocycles. The molecular weight excluding hydrogens is 463 g/mol. The number of benzene rings is 1. The van der Waals surface area contributed by atoms with E-state index in [4.69, 9.17) is 20.2 Å². The summed E-state index contributed by atoms with van der Waals surface area (Å²) in [7, 11) is 1.19. The normalized spacial score (nSPS) is 17.5. The van der Waals surface area contributed by atoms with Gasteiger partial charge in [0.05, 0.1) is 6.20 Å². The van der Waals surface area contributed by atoms with Crippen molar-refractivity contribution < 1.29 is 27.1 Å². The molecule has 12 heteroatoms. The predicted octanol–water partition coefficient (Wildman–Crippen LogP) is 3.39. The lowest BCUT2D eigenvalue weighted by Gasteiger charge is -2.60. The van der Waals surface area contributed by atoms with Gasteiger partial charge in [0.15, 0.2) is 11.6 Å². The molecule has 32 heavy (non-hydrogen) atoms. The van der Waals surface area contributed by atoms with Gasteiger partial charge in [0, 0.05) is 42.3 Å². The van der Waals surface area contributed by atoms with Crippen LogP contribution in [-0.4, -0.2) is 61.2 Å². The van der Waals surface area contributed by atoms with E-state index in [-0.39, 0.29) is 23.0 Å². The van der Waals surface area contributed by atoms with Crippen molar-refractivity contribution >= 4 is 31.6 Å². The molecule has 1 aromatic heterocycles. The van der Waals surface area contributed by atoms with Crippen molar-refractivity contribution in [1.82, 2.24) is 14.9 Å². The second-order valence-corrected chi connectivity index (χ2v) is 11.6. The predicted molar refractivity (Wildman–Crippen MR) is 114 cm³/mol. The fourth-order valence-corrected chi connectivity index (χ4v) is 4.79. The van der Waals surface area contributed by atoms with Crippen LogP contribution in [0.5, 0.6) is 11.5 Å². The smallest absolute Gasteiger partial charge is 0.410 e. The standard InChI is InChI=1S/C20H22ClFN4O5S/c1-19(2,3)31-18(27)26-10-20(11-26)8-25(9-20)17-15(7-23-12-24-17)30-14-5-4-13(22)6-16(14)32(21,28)29/h4-7,12H,8-11H2,1-3H3. The number of carbonyl (C=O) groups excluding carboxylic acids is 1. The number of anilines is 1. The molecule has 0 unspecified atom stereocenters. The van der Waals surface area contributed by atoms with E-state index >= 15 is 0 Å². The third-order valence-corrected chi connectivity index (χ3v) is 6.45. The van der Waals surface area contributed by atoms with Crippen molar-refractivity contribution in [3.05, 3.63) is 36.5 Å². The summed E-state index contributed by atoms with van der Waals surface area (Å²) in [6.45, 7) is 7.88. The van der Waals surface area contributed by atoms with Crippen LogP contribution in [0.1, 0.15) is 20.8 Å². The van der Waals surface area contributed by atoms with E-state index in [9.17, 15) is 17.6 Å². The average molecular weight is 485 g/mol. The van der Waals surface area contributed by atoms with Crippen molar-refractivity contribution in [2.45, 2.75) is 31.3 Å². The van der Waals surface area contributed by atoms with Crippen LogP contribution in [0.2, 0.25) is 0 Å². The zero-order valence-corrected chi connectivity index (χ0v) is 19.3. The number of hydrogen-bond acceptors (Lipinski definition) is 8. The zero-order chi connectivity index (χ0) is 23.3. The number of aromatic nitrogens is 2. The maximum atomic E-state index is 13.5. The van der Waals surface area contributed by atoms with Gasteiger partial charge in [-0.1, -0.05) is 0 Å². The topological polar surface area (TPSA) is 102 Å². The minimum atomic E-state index is -4.24. The van der Waals surface area contributed by atoms with Crippen LogP contribution in [-0.2, 0) is 13.8 Å². The van der Waals surface area contributed by atoms with E-state index in [2.05, 4.69) is 9.97 Å². The van der Waals surface area contributed by atoms with Crippen molar-refractivity contribution in [2.75, 3.05) is 31.1 Å². The summed E-state index contributed by atoms with van der Waals surface area (Å²) in [5.41, 5.74) is -0.603. The Morgan fingerprint density at radius 3 is 2.50 bits per heavy atom. The summed E-state index contributed by atoms with van der Waals surface area (Å²) >= 11 is 0. The first-order valence-corrected chi connectivity index (χ1v) is 12.1. The van der Waals surface area contributed by atoms with E-state index in [1.807, 2.05) is 25.7 Å². The summed E-state index contributed by atoms with van der Waals surface area (Å²) in [5.74, 6) is -0.222. The average Bonchev–Trinajstić information content (AvgIpc) is 2.59. The molecule has 4 rings (SSSR count). The lowest BCUT2D eigenvalue weighted by atomic mass is 9.73. The van der Waals surface area contributed by atoms with Gasteiger partial charge in [-0.25, -0.2) is 27.6 Å². The van der Waals surface area contributed by atoms with Gasteiger partial charge in [-0.15, -0.1) is 0 Å². The maximum Gasteiger partial charge on any atom is 0.410 e. The highest BCUT2D eigenvalue weighted by atomic mass is 35.7. The molecule has 9 nitrogen and oxygen atoms in total. The molecule has 1 amide bonds. The molecule has 1 aromatic carbocycles. The number of likely N-dealkylation sites (tertiary alicyclic amines) is 1. The number of rotatable bonds is 4. The second kappa shape index (κ2) is 7.73. The van der Waals surface area contributed by atoms with Crippen molar-refractivity contribution in [2.24, 2.45) is 5.41 Å². The Hall–Kier alpha value is -2.66.